The van der Waals surface area contributed by atoms with Gasteiger partial charge in [-0.15, -0.1) is 0 Å². The number of fused-ring (bicyclic) bond motifs is 1. The molecule has 0 bridgehead atoms. The number of H-pyrrole nitrogens is 1. The third kappa shape index (κ3) is 3.83. The van der Waals surface area contributed by atoms with E-state index in [1.165, 1.54) is 19.2 Å². The molecule has 0 spiro atoms. The molecule has 0 aliphatic rings. The average molecular weight is 330 g/mol. The van der Waals surface area contributed by atoms with Crippen molar-refractivity contribution in [1.82, 2.24) is 15.0 Å². The summed E-state index contributed by atoms with van der Waals surface area (Å²) in [4.78, 5) is 30.9. The second-order valence-corrected chi connectivity index (χ2v) is 4.43. The van der Waals surface area contributed by atoms with Gasteiger partial charge < -0.3 is 14.5 Å². The number of aldehydes is 1. The summed E-state index contributed by atoms with van der Waals surface area (Å²) in [7, 11) is 3.00. The van der Waals surface area contributed by atoms with E-state index in [1.54, 1.807) is 19.4 Å². The third-order valence-electron chi connectivity index (χ3n) is 3.00. The molecule has 0 saturated carbocycles. The number of nitrogens with one attached hydrogen (secondary N) is 1. The molecule has 0 aliphatic heterocycles. The maximum Gasteiger partial charge on any atom is 0.287 e. The molecule has 3 rings (SSSR count). The number of methoxy groups -OCH3 is 2. The first-order valence-corrected chi connectivity index (χ1v) is 6.70. The molecule has 0 amide bonds. The Morgan fingerprint density at radius 3 is 2.42 bits per heavy atom. The lowest BCUT2D eigenvalue weighted by Crippen LogP contribution is -1.90. The molecular weight excluding hydrogens is 316 g/mol. The van der Waals surface area contributed by atoms with Crippen molar-refractivity contribution in [2.24, 2.45) is 0 Å². The van der Waals surface area contributed by atoms with Gasteiger partial charge in [-0.25, -0.2) is 9.97 Å². The highest BCUT2D eigenvalue weighted by Gasteiger charge is 2.05. The average Bonchev–Trinajstić information content (AvgIpc) is 3.04. The van der Waals surface area contributed by atoms with Crippen LogP contribution in [-0.2, 0) is 0 Å². The summed E-state index contributed by atoms with van der Waals surface area (Å²) in [5.41, 5.74) is 2.00. The molecule has 3 heterocycles. The van der Waals surface area contributed by atoms with Crippen LogP contribution in [0.15, 0.2) is 36.7 Å². The number of hydrogen-bond donors (Lipinski definition) is 1. The summed E-state index contributed by atoms with van der Waals surface area (Å²) < 4.78 is 9.67. The summed E-state index contributed by atoms with van der Waals surface area (Å²) in [6, 6.07) is 6.35. The van der Waals surface area contributed by atoms with Gasteiger partial charge in [-0.3, -0.25) is 14.9 Å². The number of pyridine rings is 2. The molecule has 24 heavy (non-hydrogen) atoms. The number of rotatable bonds is 4. The number of nitro groups is 1. The Balaban J connectivity index is 0.000000177. The summed E-state index contributed by atoms with van der Waals surface area (Å²) in [6.45, 7) is 0. The lowest BCUT2D eigenvalue weighted by atomic mass is 10.3. The number of aromatic amines is 1. The minimum absolute atomic E-state index is 0.0363. The number of nitrogens with zero attached hydrogens (tertiary/aromatic N) is 3. The summed E-state index contributed by atoms with van der Waals surface area (Å²) in [6.07, 6.45) is 3.55. The summed E-state index contributed by atoms with van der Waals surface area (Å²) in [5.74, 6) is 0.880. The Hall–Kier alpha value is -3.49. The molecule has 0 aromatic carbocycles. The van der Waals surface area contributed by atoms with Crippen LogP contribution in [0.4, 0.5) is 5.69 Å². The van der Waals surface area contributed by atoms with Gasteiger partial charge in [-0.1, -0.05) is 0 Å². The molecular formula is C15H14N4O5. The van der Waals surface area contributed by atoms with Crippen LogP contribution in [0.5, 0.6) is 11.8 Å². The van der Waals surface area contributed by atoms with Gasteiger partial charge in [0.15, 0.2) is 6.29 Å². The molecule has 124 valence electrons. The number of hydrogen-bond acceptors (Lipinski definition) is 7. The van der Waals surface area contributed by atoms with Crippen LogP contribution in [0.3, 0.4) is 0 Å². The van der Waals surface area contributed by atoms with Gasteiger partial charge in [0, 0.05) is 24.4 Å². The molecule has 0 radical (unpaired) electrons. The zero-order chi connectivity index (χ0) is 17.5. The highest BCUT2D eigenvalue weighted by atomic mass is 16.6. The van der Waals surface area contributed by atoms with E-state index >= 15 is 0 Å². The molecule has 3 aromatic rings. The first kappa shape index (κ1) is 16.9. The topological polar surface area (TPSA) is 120 Å². The molecule has 0 unspecified atom stereocenters. The van der Waals surface area contributed by atoms with Gasteiger partial charge in [0.2, 0.25) is 11.8 Å². The molecule has 9 nitrogen and oxygen atoms in total. The first-order chi connectivity index (χ1) is 11.6. The Bertz CT molecular complexity index is 845. The molecule has 1 N–H and O–H groups in total. The fraction of sp³-hybridized carbons (Fsp3) is 0.133. The van der Waals surface area contributed by atoms with Gasteiger partial charge in [0.25, 0.3) is 5.69 Å². The van der Waals surface area contributed by atoms with E-state index in [2.05, 4.69) is 15.0 Å². The number of ether oxygens (including phenoxy) is 2. The fourth-order valence-corrected chi connectivity index (χ4v) is 1.81. The van der Waals surface area contributed by atoms with Gasteiger partial charge >= 0.3 is 0 Å². The Kier molecular flexibility index (Phi) is 5.40. The molecule has 9 heteroatoms. The molecule has 0 atom stereocenters. The van der Waals surface area contributed by atoms with E-state index in [0.29, 0.717) is 22.8 Å². The number of carbonyl (C=O) groups is 1. The molecule has 0 fully saturated rings. The maximum atomic E-state index is 10.6. The van der Waals surface area contributed by atoms with E-state index in [-0.39, 0.29) is 5.69 Å². The van der Waals surface area contributed by atoms with Crippen molar-refractivity contribution in [2.45, 2.75) is 0 Å². The first-order valence-electron chi connectivity index (χ1n) is 6.70. The van der Waals surface area contributed by atoms with Crippen LogP contribution < -0.4 is 9.47 Å². The zero-order valence-electron chi connectivity index (χ0n) is 12.9. The predicted octanol–water partition coefficient (Wildman–Crippen LogP) is 2.38. The van der Waals surface area contributed by atoms with Crippen molar-refractivity contribution >= 4 is 23.0 Å². The van der Waals surface area contributed by atoms with Crippen molar-refractivity contribution in [3.05, 3.63) is 52.3 Å². The number of carbonyl (C=O) groups excluding carboxylic acids is 1. The van der Waals surface area contributed by atoms with E-state index in [1.807, 2.05) is 6.07 Å². The minimum atomic E-state index is -0.508. The lowest BCUT2D eigenvalue weighted by Gasteiger charge is -1.97. The van der Waals surface area contributed by atoms with E-state index in [9.17, 15) is 14.9 Å². The van der Waals surface area contributed by atoms with Crippen molar-refractivity contribution in [2.75, 3.05) is 14.2 Å². The van der Waals surface area contributed by atoms with Crippen molar-refractivity contribution in [3.63, 3.8) is 0 Å². The van der Waals surface area contributed by atoms with E-state index in [4.69, 9.17) is 9.47 Å². The monoisotopic (exact) mass is 330 g/mol. The van der Waals surface area contributed by atoms with Crippen LogP contribution in [-0.4, -0.2) is 40.4 Å². The van der Waals surface area contributed by atoms with Crippen LogP contribution in [0.1, 0.15) is 10.4 Å². The van der Waals surface area contributed by atoms with Gasteiger partial charge in [-0.2, -0.15) is 0 Å². The normalized spacial score (nSPS) is 9.75. The van der Waals surface area contributed by atoms with Crippen LogP contribution in [0.25, 0.3) is 11.0 Å². The van der Waals surface area contributed by atoms with Gasteiger partial charge in [0.1, 0.15) is 11.7 Å². The summed E-state index contributed by atoms with van der Waals surface area (Å²) in [5, 5.41) is 10.1. The van der Waals surface area contributed by atoms with Crippen LogP contribution in [0, 0.1) is 10.1 Å². The van der Waals surface area contributed by atoms with Crippen LogP contribution in [0.2, 0.25) is 0 Å². The Morgan fingerprint density at radius 2 is 1.88 bits per heavy atom. The Morgan fingerprint density at radius 1 is 1.17 bits per heavy atom. The minimum Gasteiger partial charge on any atom is -0.481 e. The quantitative estimate of drug-likeness (QED) is 0.443. The lowest BCUT2D eigenvalue weighted by molar-refractivity contribution is -0.385. The van der Waals surface area contributed by atoms with Crippen molar-refractivity contribution in [3.8, 4) is 11.8 Å². The third-order valence-corrected chi connectivity index (χ3v) is 3.00. The second kappa shape index (κ2) is 7.68. The SMILES string of the molecule is COc1ccc([N+](=O)[O-])cn1.COc1ccc2[nH]cc(C=O)c2n1. The zero-order valence-corrected chi connectivity index (χ0v) is 12.9. The van der Waals surface area contributed by atoms with E-state index in [0.717, 1.165) is 18.0 Å². The summed E-state index contributed by atoms with van der Waals surface area (Å²) >= 11 is 0. The Labute approximate surface area is 136 Å². The highest BCUT2D eigenvalue weighted by molar-refractivity contribution is 5.94. The fourth-order valence-electron chi connectivity index (χ4n) is 1.81. The number of aromatic nitrogens is 3. The molecule has 0 aliphatic carbocycles. The standard InChI is InChI=1S/C9H8N2O2.C6H6N2O3/c1-13-8-3-2-7-9(11-8)6(5-12)4-10-7;1-11-6-3-2-5(4-7-6)8(9)10/h2-5,10H,1H3;2-4H,1H3. The second-order valence-electron chi connectivity index (χ2n) is 4.43. The highest BCUT2D eigenvalue weighted by Crippen LogP contribution is 2.17. The molecule has 0 saturated heterocycles. The van der Waals surface area contributed by atoms with Gasteiger partial charge in [-0.05, 0) is 6.07 Å². The van der Waals surface area contributed by atoms with Crippen LogP contribution >= 0.6 is 0 Å². The van der Waals surface area contributed by atoms with E-state index < -0.39 is 4.92 Å². The van der Waals surface area contributed by atoms with Gasteiger partial charge in [0.05, 0.1) is 30.2 Å². The predicted molar refractivity (Wildman–Crippen MR) is 85.5 cm³/mol. The van der Waals surface area contributed by atoms with Crippen molar-refractivity contribution < 1.29 is 19.2 Å². The smallest absolute Gasteiger partial charge is 0.287 e. The largest absolute Gasteiger partial charge is 0.481 e. The van der Waals surface area contributed by atoms with Crippen molar-refractivity contribution in [1.29, 1.82) is 0 Å². The molecule has 3 aromatic heterocycles. The maximum absolute atomic E-state index is 10.6.